The van der Waals surface area contributed by atoms with Crippen molar-refractivity contribution >= 4 is 0 Å². The lowest BCUT2D eigenvalue weighted by molar-refractivity contribution is -0.00673. The van der Waals surface area contributed by atoms with Crippen molar-refractivity contribution in [3.05, 3.63) is 101 Å². The minimum absolute atomic E-state index is 0.0476. The third-order valence-corrected chi connectivity index (χ3v) is 5.69. The van der Waals surface area contributed by atoms with E-state index in [-0.39, 0.29) is 11.8 Å². The number of phenols is 1. The average Bonchev–Trinajstić information content (AvgIpc) is 3.19. The summed E-state index contributed by atoms with van der Waals surface area (Å²) in [6.07, 6.45) is 1.79. The van der Waals surface area contributed by atoms with Gasteiger partial charge in [-0.2, -0.15) is 0 Å². The molecule has 2 N–H and O–H groups in total. The molecular formula is C24H24FNO2. The number of phenolic OH excluding ortho intramolecular Hbond substituents is 1. The van der Waals surface area contributed by atoms with Gasteiger partial charge < -0.3 is 10.2 Å². The first-order chi connectivity index (χ1) is 13.6. The van der Waals surface area contributed by atoms with Crippen LogP contribution < -0.4 is 0 Å². The van der Waals surface area contributed by atoms with Gasteiger partial charge >= 0.3 is 0 Å². The molecule has 3 aromatic rings. The molecule has 0 radical (unpaired) electrons. The Kier molecular flexibility index (Phi) is 5.16. The lowest BCUT2D eigenvalue weighted by Crippen LogP contribution is -2.48. The van der Waals surface area contributed by atoms with E-state index in [0.29, 0.717) is 12.1 Å². The molecular weight excluding hydrogens is 353 g/mol. The molecule has 1 atom stereocenters. The van der Waals surface area contributed by atoms with Gasteiger partial charge in [-0.1, -0.05) is 66.7 Å². The number of nitrogens with zero attached hydrogens (tertiary/aromatic N) is 1. The van der Waals surface area contributed by atoms with Gasteiger partial charge in [-0.25, -0.2) is 4.39 Å². The molecule has 0 bridgehead atoms. The molecule has 0 spiro atoms. The van der Waals surface area contributed by atoms with Gasteiger partial charge in [-0.15, -0.1) is 0 Å². The van der Waals surface area contributed by atoms with E-state index in [4.69, 9.17) is 0 Å². The van der Waals surface area contributed by atoms with Crippen LogP contribution in [0, 0.1) is 5.82 Å². The van der Waals surface area contributed by atoms with Crippen molar-refractivity contribution in [3.8, 4) is 5.75 Å². The number of hydrogen-bond donors (Lipinski definition) is 2. The van der Waals surface area contributed by atoms with Crippen LogP contribution in [0.3, 0.4) is 0 Å². The summed E-state index contributed by atoms with van der Waals surface area (Å²) >= 11 is 0. The van der Waals surface area contributed by atoms with Crippen molar-refractivity contribution in [2.24, 2.45) is 0 Å². The molecule has 144 valence electrons. The highest BCUT2D eigenvalue weighted by molar-refractivity contribution is 5.39. The van der Waals surface area contributed by atoms with Gasteiger partial charge in [0.25, 0.3) is 0 Å². The maximum Gasteiger partial charge on any atom is 0.130 e. The summed E-state index contributed by atoms with van der Waals surface area (Å²) in [5, 5.41) is 22.2. The van der Waals surface area contributed by atoms with Crippen molar-refractivity contribution < 1.29 is 14.6 Å². The lowest BCUT2D eigenvalue weighted by Gasteiger charge is -2.40. The Morgan fingerprint density at radius 2 is 1.54 bits per heavy atom. The Labute approximate surface area is 164 Å². The molecule has 1 aliphatic rings. The molecule has 1 fully saturated rings. The average molecular weight is 377 g/mol. The topological polar surface area (TPSA) is 43.7 Å². The van der Waals surface area contributed by atoms with Crippen LogP contribution in [-0.4, -0.2) is 27.7 Å². The zero-order valence-corrected chi connectivity index (χ0v) is 15.6. The predicted molar refractivity (Wildman–Crippen MR) is 107 cm³/mol. The highest BCUT2D eigenvalue weighted by Crippen LogP contribution is 2.41. The Bertz CT molecular complexity index is 890. The summed E-state index contributed by atoms with van der Waals surface area (Å²) in [5.41, 5.74) is 1.19. The molecule has 0 saturated carbocycles. The second-order valence-electron chi connectivity index (χ2n) is 7.40. The van der Waals surface area contributed by atoms with Crippen LogP contribution in [0.2, 0.25) is 0 Å². The molecule has 3 nitrogen and oxygen atoms in total. The molecule has 0 unspecified atom stereocenters. The van der Waals surface area contributed by atoms with Crippen molar-refractivity contribution in [1.29, 1.82) is 0 Å². The molecule has 0 aromatic heterocycles. The molecule has 3 aromatic carbocycles. The van der Waals surface area contributed by atoms with Crippen LogP contribution in [0.15, 0.2) is 78.9 Å². The van der Waals surface area contributed by atoms with Gasteiger partial charge in [0, 0.05) is 24.2 Å². The maximum absolute atomic E-state index is 13.4. The van der Waals surface area contributed by atoms with Crippen LogP contribution in [0.4, 0.5) is 4.39 Å². The largest absolute Gasteiger partial charge is 0.508 e. The van der Waals surface area contributed by atoms with Crippen LogP contribution in [0.1, 0.15) is 29.5 Å². The normalized spacial score (nSPS) is 17.7. The third kappa shape index (κ3) is 3.41. The van der Waals surface area contributed by atoms with E-state index in [1.165, 1.54) is 6.07 Å². The molecule has 0 amide bonds. The molecule has 28 heavy (non-hydrogen) atoms. The molecule has 4 heteroatoms. The standard InChI is InChI=1S/C24H24FNO2/c25-21-14-13-18(22(27)16-21)17-26-15-7-12-23(26)24(28,19-8-3-1-4-9-19)20-10-5-2-6-11-20/h1-6,8-11,13-14,16,23,27-28H,7,12,15,17H2/t23-/m1/s1. The monoisotopic (exact) mass is 377 g/mol. The number of benzene rings is 3. The first-order valence-electron chi connectivity index (χ1n) is 9.64. The second kappa shape index (κ2) is 7.74. The van der Waals surface area contributed by atoms with E-state index in [2.05, 4.69) is 4.90 Å². The van der Waals surface area contributed by atoms with Gasteiger partial charge in [0.1, 0.15) is 17.2 Å². The van der Waals surface area contributed by atoms with Gasteiger partial charge in [-0.05, 0) is 36.6 Å². The molecule has 0 aliphatic carbocycles. The van der Waals surface area contributed by atoms with E-state index >= 15 is 0 Å². The number of rotatable bonds is 5. The Hall–Kier alpha value is -2.69. The second-order valence-corrected chi connectivity index (χ2v) is 7.40. The number of aliphatic hydroxyl groups is 1. The highest BCUT2D eigenvalue weighted by Gasteiger charge is 2.45. The summed E-state index contributed by atoms with van der Waals surface area (Å²) in [7, 11) is 0. The third-order valence-electron chi connectivity index (χ3n) is 5.69. The van der Waals surface area contributed by atoms with Crippen molar-refractivity contribution in [1.82, 2.24) is 4.90 Å². The SMILES string of the molecule is Oc1cc(F)ccc1CN1CCC[C@@H]1C(O)(c1ccccc1)c1ccccc1. The van der Waals surface area contributed by atoms with Crippen molar-refractivity contribution in [3.63, 3.8) is 0 Å². The maximum atomic E-state index is 13.4. The van der Waals surface area contributed by atoms with Gasteiger partial charge in [0.2, 0.25) is 0 Å². The van der Waals surface area contributed by atoms with Crippen molar-refractivity contribution in [2.75, 3.05) is 6.54 Å². The van der Waals surface area contributed by atoms with Gasteiger partial charge in [0.05, 0.1) is 0 Å². The quantitative estimate of drug-likeness (QED) is 0.691. The zero-order valence-electron chi connectivity index (χ0n) is 15.6. The first-order valence-corrected chi connectivity index (χ1v) is 9.64. The minimum atomic E-state index is -1.17. The summed E-state index contributed by atoms with van der Waals surface area (Å²) in [6, 6.07) is 23.4. The fraction of sp³-hybridized carbons (Fsp3) is 0.250. The van der Waals surface area contributed by atoms with E-state index in [1.807, 2.05) is 60.7 Å². The number of likely N-dealkylation sites (tertiary alicyclic amines) is 1. The van der Waals surface area contributed by atoms with E-state index in [1.54, 1.807) is 6.07 Å². The van der Waals surface area contributed by atoms with E-state index < -0.39 is 11.4 Å². The summed E-state index contributed by atoms with van der Waals surface area (Å²) in [6.45, 7) is 1.27. The molecule has 1 aliphatic heterocycles. The van der Waals surface area contributed by atoms with E-state index in [9.17, 15) is 14.6 Å². The summed E-state index contributed by atoms with van der Waals surface area (Å²) < 4.78 is 13.4. The van der Waals surface area contributed by atoms with Gasteiger partial charge in [0.15, 0.2) is 0 Å². The Balaban J connectivity index is 1.73. The van der Waals surface area contributed by atoms with Crippen LogP contribution >= 0.6 is 0 Å². The lowest BCUT2D eigenvalue weighted by atomic mass is 9.79. The fourth-order valence-corrected chi connectivity index (χ4v) is 4.31. The highest BCUT2D eigenvalue weighted by atomic mass is 19.1. The van der Waals surface area contributed by atoms with Crippen LogP contribution in [0.25, 0.3) is 0 Å². The van der Waals surface area contributed by atoms with Crippen LogP contribution in [0.5, 0.6) is 5.75 Å². The number of halogens is 1. The molecule has 1 saturated heterocycles. The van der Waals surface area contributed by atoms with Crippen molar-refractivity contribution in [2.45, 2.75) is 31.0 Å². The smallest absolute Gasteiger partial charge is 0.130 e. The number of hydrogen-bond acceptors (Lipinski definition) is 3. The first kappa shape index (κ1) is 18.7. The number of aromatic hydroxyl groups is 1. The Morgan fingerprint density at radius 1 is 0.929 bits per heavy atom. The van der Waals surface area contributed by atoms with Crippen LogP contribution in [-0.2, 0) is 12.1 Å². The van der Waals surface area contributed by atoms with Gasteiger partial charge in [-0.3, -0.25) is 4.90 Å². The molecule has 4 rings (SSSR count). The summed E-state index contributed by atoms with van der Waals surface area (Å²) in [4.78, 5) is 2.19. The predicted octanol–water partition coefficient (Wildman–Crippen LogP) is 4.43. The molecule has 1 heterocycles. The zero-order chi connectivity index (χ0) is 19.6. The fourth-order valence-electron chi connectivity index (χ4n) is 4.31. The van der Waals surface area contributed by atoms with E-state index in [0.717, 1.165) is 36.6 Å². The minimum Gasteiger partial charge on any atom is -0.508 e. The Morgan fingerprint density at radius 3 is 2.11 bits per heavy atom. The summed E-state index contributed by atoms with van der Waals surface area (Å²) in [5.74, 6) is -0.502.